The van der Waals surface area contributed by atoms with Gasteiger partial charge in [-0.2, -0.15) is 0 Å². The molecule has 3 heterocycles. The average Bonchev–Trinajstić information content (AvgIpc) is 3.08. The number of amides is 2. The number of methoxy groups -OCH3 is 1. The molecule has 3 unspecified atom stereocenters. The lowest BCUT2D eigenvalue weighted by molar-refractivity contribution is -0.151. The van der Waals surface area contributed by atoms with Gasteiger partial charge in [0.2, 0.25) is 0 Å². The highest BCUT2D eigenvalue weighted by molar-refractivity contribution is 8.14. The number of oxime groups is 1. The van der Waals surface area contributed by atoms with Crippen LogP contribution in [0.25, 0.3) is 0 Å². The first kappa shape index (κ1) is 19.5. The van der Waals surface area contributed by atoms with Gasteiger partial charge in [-0.1, -0.05) is 16.9 Å². The molecule has 0 radical (unpaired) electrons. The SMILES string of the molecule is CO/N=C(\C(=O)NC1C(=O)N2C(C(=O)OC)=C(C)CSC12)C1CSC(N)=N1. The van der Waals surface area contributed by atoms with E-state index in [1.165, 1.54) is 42.6 Å². The molecular weight excluding hydrogens is 394 g/mol. The Labute approximate surface area is 163 Å². The zero-order chi connectivity index (χ0) is 19.7. The van der Waals surface area contributed by atoms with Gasteiger partial charge in [0.25, 0.3) is 11.8 Å². The number of thioether (sulfide) groups is 2. The van der Waals surface area contributed by atoms with Crippen LogP contribution >= 0.6 is 23.5 Å². The molecule has 2 amide bonds. The molecule has 3 rings (SSSR count). The van der Waals surface area contributed by atoms with Crippen molar-refractivity contribution in [2.24, 2.45) is 15.9 Å². The van der Waals surface area contributed by atoms with Gasteiger partial charge >= 0.3 is 5.97 Å². The minimum atomic E-state index is -0.771. The molecule has 1 fully saturated rings. The second kappa shape index (κ2) is 7.80. The lowest BCUT2D eigenvalue weighted by Gasteiger charge is -2.49. The highest BCUT2D eigenvalue weighted by Gasteiger charge is 2.54. The number of carbonyl (C=O) groups excluding carboxylic acids is 3. The molecular formula is C15H19N5O5S2. The molecule has 3 N–H and O–H groups in total. The van der Waals surface area contributed by atoms with Gasteiger partial charge in [-0.25, -0.2) is 4.79 Å². The van der Waals surface area contributed by atoms with Gasteiger partial charge in [0.15, 0.2) is 10.9 Å². The molecule has 0 spiro atoms. The Hall–Kier alpha value is -2.21. The van der Waals surface area contributed by atoms with E-state index in [0.29, 0.717) is 16.7 Å². The molecule has 0 aromatic carbocycles. The maximum atomic E-state index is 12.7. The summed E-state index contributed by atoms with van der Waals surface area (Å²) in [5.74, 6) is -0.458. The number of hydrogen-bond acceptors (Lipinski definition) is 10. The molecule has 3 aliphatic rings. The average molecular weight is 413 g/mol. The summed E-state index contributed by atoms with van der Waals surface area (Å²) in [7, 11) is 2.59. The van der Waals surface area contributed by atoms with Gasteiger partial charge in [-0.3, -0.25) is 19.5 Å². The van der Waals surface area contributed by atoms with Crippen molar-refractivity contribution in [2.75, 3.05) is 25.7 Å². The van der Waals surface area contributed by atoms with E-state index in [1.54, 1.807) is 6.92 Å². The zero-order valence-corrected chi connectivity index (χ0v) is 16.6. The van der Waals surface area contributed by atoms with Crippen molar-refractivity contribution in [3.63, 3.8) is 0 Å². The van der Waals surface area contributed by atoms with Crippen molar-refractivity contribution >= 4 is 52.2 Å². The topological polar surface area (TPSA) is 136 Å². The van der Waals surface area contributed by atoms with E-state index < -0.39 is 24.0 Å². The predicted molar refractivity (Wildman–Crippen MR) is 102 cm³/mol. The van der Waals surface area contributed by atoms with Gasteiger partial charge < -0.3 is 20.6 Å². The van der Waals surface area contributed by atoms with Crippen LogP contribution in [0.4, 0.5) is 0 Å². The molecule has 0 saturated carbocycles. The quantitative estimate of drug-likeness (QED) is 0.260. The van der Waals surface area contributed by atoms with Crippen LogP contribution in [-0.2, 0) is 24.0 Å². The summed E-state index contributed by atoms with van der Waals surface area (Å²) in [5, 5.41) is 6.43. The van der Waals surface area contributed by atoms with E-state index in [2.05, 4.69) is 15.5 Å². The van der Waals surface area contributed by atoms with E-state index in [-0.39, 0.29) is 22.7 Å². The summed E-state index contributed by atoms with van der Waals surface area (Å²) in [6.45, 7) is 1.78. The number of amidine groups is 1. The molecule has 12 heteroatoms. The molecule has 10 nitrogen and oxygen atoms in total. The number of hydrogen-bond donors (Lipinski definition) is 2. The molecule has 27 heavy (non-hydrogen) atoms. The number of nitrogens with one attached hydrogen (secondary N) is 1. The van der Waals surface area contributed by atoms with Crippen molar-refractivity contribution < 1.29 is 24.0 Å². The summed E-state index contributed by atoms with van der Waals surface area (Å²) in [6, 6.07) is -1.30. The Morgan fingerprint density at radius 1 is 1.41 bits per heavy atom. The molecule has 0 aromatic heterocycles. The normalized spacial score (nSPS) is 27.6. The van der Waals surface area contributed by atoms with Crippen LogP contribution in [-0.4, -0.2) is 76.7 Å². The Bertz CT molecular complexity index is 781. The van der Waals surface area contributed by atoms with E-state index in [1.807, 2.05) is 0 Å². The van der Waals surface area contributed by atoms with Crippen LogP contribution in [0.5, 0.6) is 0 Å². The fourth-order valence-corrected chi connectivity index (χ4v) is 5.01. The second-order valence-electron chi connectivity index (χ2n) is 5.93. The number of nitrogens with zero attached hydrogens (tertiary/aromatic N) is 3. The first-order chi connectivity index (χ1) is 12.9. The third-order valence-corrected chi connectivity index (χ3v) is 6.54. The number of β-lactam (4-membered cyclic amide) rings is 1. The number of nitrogens with two attached hydrogens (primary N) is 1. The summed E-state index contributed by atoms with van der Waals surface area (Å²) in [6.07, 6.45) is 0. The Kier molecular flexibility index (Phi) is 5.65. The zero-order valence-electron chi connectivity index (χ0n) is 14.9. The second-order valence-corrected chi connectivity index (χ2v) is 8.08. The number of rotatable bonds is 5. The van der Waals surface area contributed by atoms with Crippen LogP contribution in [0.15, 0.2) is 21.4 Å². The molecule has 0 aromatic rings. The van der Waals surface area contributed by atoms with Crippen LogP contribution in [0.3, 0.4) is 0 Å². The smallest absolute Gasteiger partial charge is 0.354 e. The van der Waals surface area contributed by atoms with Gasteiger partial charge in [-0.15, -0.1) is 11.8 Å². The van der Waals surface area contributed by atoms with E-state index in [9.17, 15) is 14.4 Å². The van der Waals surface area contributed by atoms with Crippen molar-refractivity contribution in [2.45, 2.75) is 24.4 Å². The van der Waals surface area contributed by atoms with E-state index in [4.69, 9.17) is 15.3 Å². The maximum Gasteiger partial charge on any atom is 0.354 e. The van der Waals surface area contributed by atoms with Crippen molar-refractivity contribution in [3.8, 4) is 0 Å². The Balaban J connectivity index is 1.74. The number of aliphatic imine (C=N–C) groups is 1. The molecule has 0 bridgehead atoms. The minimum Gasteiger partial charge on any atom is -0.464 e. The maximum absolute atomic E-state index is 12.7. The Morgan fingerprint density at radius 2 is 2.15 bits per heavy atom. The fourth-order valence-electron chi connectivity index (χ4n) is 2.96. The summed E-state index contributed by atoms with van der Waals surface area (Å²) < 4.78 is 4.77. The third-order valence-electron chi connectivity index (χ3n) is 4.23. The van der Waals surface area contributed by atoms with Gasteiger partial charge in [-0.05, 0) is 12.5 Å². The summed E-state index contributed by atoms with van der Waals surface area (Å²) in [4.78, 5) is 47.5. The lowest BCUT2D eigenvalue weighted by Crippen LogP contribution is -2.71. The Morgan fingerprint density at radius 3 is 2.74 bits per heavy atom. The first-order valence-electron chi connectivity index (χ1n) is 7.99. The minimum absolute atomic E-state index is 0.0532. The fraction of sp³-hybridized carbons (Fsp3) is 0.533. The molecule has 1 saturated heterocycles. The molecule has 0 aliphatic carbocycles. The first-order valence-corrected chi connectivity index (χ1v) is 10.0. The van der Waals surface area contributed by atoms with Gasteiger partial charge in [0.1, 0.15) is 30.3 Å². The molecule has 146 valence electrons. The van der Waals surface area contributed by atoms with Crippen molar-refractivity contribution in [1.29, 1.82) is 0 Å². The van der Waals surface area contributed by atoms with Crippen LogP contribution < -0.4 is 11.1 Å². The molecule has 3 aliphatic heterocycles. The number of ether oxygens (including phenoxy) is 1. The van der Waals surface area contributed by atoms with Gasteiger partial charge in [0.05, 0.1) is 7.11 Å². The predicted octanol–water partition coefficient (Wildman–Crippen LogP) is -0.734. The summed E-state index contributed by atoms with van der Waals surface area (Å²) >= 11 is 2.78. The van der Waals surface area contributed by atoms with Crippen LogP contribution in [0.1, 0.15) is 6.92 Å². The van der Waals surface area contributed by atoms with Crippen molar-refractivity contribution in [3.05, 3.63) is 11.3 Å². The van der Waals surface area contributed by atoms with E-state index >= 15 is 0 Å². The third kappa shape index (κ3) is 3.50. The summed E-state index contributed by atoms with van der Waals surface area (Å²) in [5.41, 5.74) is 6.71. The largest absolute Gasteiger partial charge is 0.464 e. The van der Waals surface area contributed by atoms with Crippen LogP contribution in [0, 0.1) is 0 Å². The molecule has 3 atom stereocenters. The van der Waals surface area contributed by atoms with Gasteiger partial charge in [0, 0.05) is 11.5 Å². The number of fused-ring (bicyclic) bond motifs is 1. The van der Waals surface area contributed by atoms with E-state index in [0.717, 1.165) is 5.57 Å². The highest BCUT2D eigenvalue weighted by atomic mass is 32.2. The van der Waals surface area contributed by atoms with Crippen LogP contribution in [0.2, 0.25) is 0 Å². The highest BCUT2D eigenvalue weighted by Crippen LogP contribution is 2.40. The number of carbonyl (C=O) groups is 3. The standard InChI is InChI=1S/C15H19N5O5S2/c1-6-4-26-13-9(12(22)20(13)10(6)14(23)24-2)18-11(21)8(19-25-3)7-5-27-15(16)17-7/h7,9,13H,4-5H2,1-3H3,(H2,16,17)(H,18,21)/b19-8-. The van der Waals surface area contributed by atoms with Crippen molar-refractivity contribution in [1.82, 2.24) is 10.2 Å². The number of esters is 1. The monoisotopic (exact) mass is 413 g/mol. The lowest BCUT2D eigenvalue weighted by atomic mass is 10.0.